The van der Waals surface area contributed by atoms with Crippen LogP contribution in [-0.2, 0) is 5.41 Å². The SMILES string of the molecule is CC(C)(c1ccccc1)c1ccc(-c2cccc(-c3cccc(-c4cccc(-c5ccc6ccccc6n5)c4)c3)c2)cc1. The number of nitrogens with zero attached hydrogens (tertiary/aromatic N) is 1. The monoisotopic (exact) mass is 551 g/mol. The molecule has 0 bridgehead atoms. The summed E-state index contributed by atoms with van der Waals surface area (Å²) in [7, 11) is 0. The summed E-state index contributed by atoms with van der Waals surface area (Å²) in [5.74, 6) is 0. The molecule has 0 saturated carbocycles. The van der Waals surface area contributed by atoms with Crippen molar-refractivity contribution in [1.82, 2.24) is 4.98 Å². The maximum Gasteiger partial charge on any atom is 0.0709 e. The van der Waals surface area contributed by atoms with E-state index in [4.69, 9.17) is 4.98 Å². The van der Waals surface area contributed by atoms with Gasteiger partial charge in [-0.3, -0.25) is 0 Å². The van der Waals surface area contributed by atoms with Gasteiger partial charge >= 0.3 is 0 Å². The second-order valence-electron chi connectivity index (χ2n) is 11.7. The molecule has 43 heavy (non-hydrogen) atoms. The number of pyridine rings is 1. The predicted molar refractivity (Wildman–Crippen MR) is 182 cm³/mol. The third-order valence-corrected chi connectivity index (χ3v) is 8.58. The van der Waals surface area contributed by atoms with Crippen LogP contribution in [0.4, 0.5) is 0 Å². The van der Waals surface area contributed by atoms with E-state index in [1.54, 1.807) is 0 Å². The molecule has 0 aliphatic carbocycles. The van der Waals surface area contributed by atoms with Crippen LogP contribution in [0.25, 0.3) is 55.5 Å². The summed E-state index contributed by atoms with van der Waals surface area (Å²) in [5, 5.41) is 1.16. The van der Waals surface area contributed by atoms with Crippen molar-refractivity contribution in [3.8, 4) is 44.6 Å². The molecule has 1 heterocycles. The van der Waals surface area contributed by atoms with Crippen LogP contribution in [0, 0.1) is 0 Å². The maximum atomic E-state index is 4.92. The first kappa shape index (κ1) is 26.6. The van der Waals surface area contributed by atoms with E-state index in [0.717, 1.165) is 22.2 Å². The third kappa shape index (κ3) is 5.38. The van der Waals surface area contributed by atoms with Crippen molar-refractivity contribution < 1.29 is 0 Å². The maximum absolute atomic E-state index is 4.92. The number of fused-ring (bicyclic) bond motifs is 1. The van der Waals surface area contributed by atoms with Crippen molar-refractivity contribution in [1.29, 1.82) is 0 Å². The lowest BCUT2D eigenvalue weighted by molar-refractivity contribution is 0.641. The molecule has 6 aromatic carbocycles. The minimum atomic E-state index is -0.0518. The van der Waals surface area contributed by atoms with Crippen molar-refractivity contribution >= 4 is 10.9 Å². The van der Waals surface area contributed by atoms with E-state index in [1.165, 1.54) is 44.5 Å². The van der Waals surface area contributed by atoms with E-state index in [-0.39, 0.29) is 5.41 Å². The lowest BCUT2D eigenvalue weighted by Gasteiger charge is -2.26. The van der Waals surface area contributed by atoms with Crippen molar-refractivity contribution in [2.24, 2.45) is 0 Å². The van der Waals surface area contributed by atoms with Crippen LogP contribution in [0.3, 0.4) is 0 Å². The third-order valence-electron chi connectivity index (χ3n) is 8.58. The van der Waals surface area contributed by atoms with Crippen LogP contribution in [0.5, 0.6) is 0 Å². The van der Waals surface area contributed by atoms with Gasteiger partial charge in [-0.1, -0.05) is 147 Å². The summed E-state index contributed by atoms with van der Waals surface area (Å²) in [5.41, 5.74) is 12.9. The quantitative estimate of drug-likeness (QED) is 0.200. The first-order valence-electron chi connectivity index (χ1n) is 14.9. The number of rotatable bonds is 6. The fourth-order valence-electron chi connectivity index (χ4n) is 5.94. The van der Waals surface area contributed by atoms with Crippen LogP contribution < -0.4 is 0 Å². The van der Waals surface area contributed by atoms with E-state index in [1.807, 2.05) is 6.07 Å². The Kier molecular flexibility index (Phi) is 6.93. The van der Waals surface area contributed by atoms with Crippen LogP contribution >= 0.6 is 0 Å². The summed E-state index contributed by atoms with van der Waals surface area (Å²) in [6.07, 6.45) is 0. The molecule has 0 amide bonds. The fraction of sp³-hybridized carbons (Fsp3) is 0.0714. The zero-order valence-electron chi connectivity index (χ0n) is 24.5. The number of para-hydroxylation sites is 1. The Labute approximate surface area is 254 Å². The topological polar surface area (TPSA) is 12.9 Å². The molecule has 206 valence electrons. The average Bonchev–Trinajstić information content (AvgIpc) is 3.09. The van der Waals surface area contributed by atoms with Crippen LogP contribution in [-0.4, -0.2) is 4.98 Å². The van der Waals surface area contributed by atoms with Gasteiger partial charge in [-0.05, 0) is 74.8 Å². The minimum absolute atomic E-state index is 0.0518. The molecule has 1 heteroatoms. The van der Waals surface area contributed by atoms with Crippen molar-refractivity contribution in [2.45, 2.75) is 19.3 Å². The predicted octanol–water partition coefficient (Wildman–Crippen LogP) is 11.2. The Balaban J connectivity index is 1.17. The van der Waals surface area contributed by atoms with Crippen LogP contribution in [0.1, 0.15) is 25.0 Å². The van der Waals surface area contributed by atoms with Gasteiger partial charge in [-0.25, -0.2) is 4.98 Å². The Morgan fingerprint density at radius 2 is 0.860 bits per heavy atom. The van der Waals surface area contributed by atoms with E-state index >= 15 is 0 Å². The highest BCUT2D eigenvalue weighted by molar-refractivity contribution is 5.83. The molecule has 0 spiro atoms. The molecule has 7 rings (SSSR count). The van der Waals surface area contributed by atoms with Crippen molar-refractivity contribution in [3.63, 3.8) is 0 Å². The lowest BCUT2D eigenvalue weighted by Crippen LogP contribution is -2.18. The summed E-state index contributed by atoms with van der Waals surface area (Å²) < 4.78 is 0. The molecule has 0 unspecified atom stereocenters. The molecule has 0 radical (unpaired) electrons. The van der Waals surface area contributed by atoms with Crippen molar-refractivity contribution in [3.05, 3.63) is 175 Å². The fourth-order valence-corrected chi connectivity index (χ4v) is 5.94. The van der Waals surface area contributed by atoms with Gasteiger partial charge in [0, 0.05) is 16.4 Å². The second-order valence-corrected chi connectivity index (χ2v) is 11.7. The normalized spacial score (nSPS) is 11.5. The largest absolute Gasteiger partial charge is 0.248 e. The smallest absolute Gasteiger partial charge is 0.0709 e. The van der Waals surface area contributed by atoms with Crippen LogP contribution in [0.15, 0.2) is 164 Å². The first-order chi connectivity index (χ1) is 21.0. The second kappa shape index (κ2) is 11.2. The number of benzene rings is 6. The van der Waals surface area contributed by atoms with Crippen molar-refractivity contribution in [2.75, 3.05) is 0 Å². The zero-order chi connectivity index (χ0) is 29.2. The average molecular weight is 552 g/mol. The first-order valence-corrected chi connectivity index (χ1v) is 14.9. The highest BCUT2D eigenvalue weighted by Gasteiger charge is 2.22. The standard InChI is InChI=1S/C42H33N/c1-42(2,38-18-4-3-5-19-38)39-24-21-30(22-25-39)32-12-8-13-33(27-32)34-14-9-15-35(28-34)36-16-10-17-37(29-36)41-26-23-31-11-6-7-20-40(31)43-41/h3-29H,1-2H3. The molecule has 0 aliphatic rings. The van der Waals surface area contributed by atoms with Gasteiger partial charge in [0.25, 0.3) is 0 Å². The lowest BCUT2D eigenvalue weighted by atomic mass is 9.78. The molecule has 0 N–H and O–H groups in total. The molecular weight excluding hydrogens is 518 g/mol. The molecule has 0 fully saturated rings. The molecule has 0 saturated heterocycles. The van der Waals surface area contributed by atoms with Gasteiger partial charge in [0.2, 0.25) is 0 Å². The Morgan fingerprint density at radius 1 is 0.372 bits per heavy atom. The molecule has 0 aliphatic heterocycles. The number of hydrogen-bond acceptors (Lipinski definition) is 1. The van der Waals surface area contributed by atoms with Crippen LogP contribution in [0.2, 0.25) is 0 Å². The van der Waals surface area contributed by atoms with E-state index in [0.29, 0.717) is 0 Å². The Morgan fingerprint density at radius 3 is 1.49 bits per heavy atom. The van der Waals surface area contributed by atoms with Gasteiger partial charge in [-0.2, -0.15) is 0 Å². The van der Waals surface area contributed by atoms with E-state index in [2.05, 4.69) is 172 Å². The summed E-state index contributed by atoms with van der Waals surface area (Å²) in [4.78, 5) is 4.92. The van der Waals surface area contributed by atoms with Gasteiger partial charge in [0.1, 0.15) is 0 Å². The Bertz CT molecular complexity index is 2030. The molecule has 1 nitrogen and oxygen atoms in total. The zero-order valence-corrected chi connectivity index (χ0v) is 24.5. The summed E-state index contributed by atoms with van der Waals surface area (Å²) >= 11 is 0. The highest BCUT2D eigenvalue weighted by Crippen LogP contribution is 2.34. The molecular formula is C42H33N. The van der Waals surface area contributed by atoms with Gasteiger partial charge < -0.3 is 0 Å². The summed E-state index contributed by atoms with van der Waals surface area (Å²) in [6, 6.07) is 58.7. The van der Waals surface area contributed by atoms with Gasteiger partial charge in [-0.15, -0.1) is 0 Å². The minimum Gasteiger partial charge on any atom is -0.248 e. The Hall–Kier alpha value is -5.27. The van der Waals surface area contributed by atoms with Gasteiger partial charge in [0.05, 0.1) is 11.2 Å². The van der Waals surface area contributed by atoms with E-state index in [9.17, 15) is 0 Å². The van der Waals surface area contributed by atoms with E-state index < -0.39 is 0 Å². The highest BCUT2D eigenvalue weighted by atomic mass is 14.7. The molecule has 7 aromatic rings. The molecule has 1 aromatic heterocycles. The number of hydrogen-bond donors (Lipinski definition) is 0. The summed E-state index contributed by atoms with van der Waals surface area (Å²) in [6.45, 7) is 4.58. The molecule has 0 atom stereocenters. The number of aromatic nitrogens is 1. The van der Waals surface area contributed by atoms with Gasteiger partial charge in [0.15, 0.2) is 0 Å².